The number of aliphatic carboxylic acids is 1. The first-order chi connectivity index (χ1) is 11.7. The number of amides is 2. The maximum absolute atomic E-state index is 13.3. The fourth-order valence-corrected chi connectivity index (χ4v) is 2.90. The molecule has 0 aliphatic heterocycles. The molecular weight excluding hydrogens is 332 g/mol. The van der Waals surface area contributed by atoms with Gasteiger partial charge in [-0.25, -0.2) is 13.6 Å². The molecule has 0 spiro atoms. The number of carboxylic acids is 1. The summed E-state index contributed by atoms with van der Waals surface area (Å²) < 4.78 is 26.6. The summed E-state index contributed by atoms with van der Waals surface area (Å²) >= 11 is 0. The van der Waals surface area contributed by atoms with E-state index in [2.05, 4.69) is 10.6 Å². The van der Waals surface area contributed by atoms with Crippen LogP contribution < -0.4 is 10.6 Å². The van der Waals surface area contributed by atoms with Crippen LogP contribution in [-0.2, 0) is 10.7 Å². The number of alkyl halides is 2. The number of anilines is 1. The number of likely N-dealkylation sites (N-methyl/N-ethyl adjacent to an activating group) is 1. The zero-order chi connectivity index (χ0) is 18.6. The molecule has 1 aromatic carbocycles. The molecule has 1 fully saturated rings. The fraction of sp³-hybridized carbons (Fsp3) is 0.529. The standard InChI is InChI=1S/C17H23F2N3O3/c1-3-22(10-15(23)24)14-8-13(9-14)21-16(25)20-12-6-4-5-11(7-12)17(2,18)19/h4-7,13-14H,3,8-10H2,1-2H3,(H,23,24)(H2,20,21,25). The van der Waals surface area contributed by atoms with Crippen LogP contribution in [0.15, 0.2) is 24.3 Å². The highest BCUT2D eigenvalue weighted by molar-refractivity contribution is 5.89. The van der Waals surface area contributed by atoms with Crippen LogP contribution in [-0.4, -0.2) is 47.2 Å². The normalized spacial score (nSPS) is 20.0. The Morgan fingerprint density at radius 2 is 2.04 bits per heavy atom. The second-order valence-electron chi connectivity index (χ2n) is 6.35. The predicted octanol–water partition coefficient (Wildman–Crippen LogP) is 2.86. The van der Waals surface area contributed by atoms with Crippen molar-refractivity contribution in [2.45, 2.75) is 44.7 Å². The van der Waals surface area contributed by atoms with Gasteiger partial charge in [0.2, 0.25) is 0 Å². The Balaban J connectivity index is 1.82. The molecule has 1 aromatic rings. The van der Waals surface area contributed by atoms with Gasteiger partial charge in [0.15, 0.2) is 0 Å². The smallest absolute Gasteiger partial charge is 0.319 e. The monoisotopic (exact) mass is 355 g/mol. The van der Waals surface area contributed by atoms with Crippen molar-refractivity contribution in [1.82, 2.24) is 10.2 Å². The van der Waals surface area contributed by atoms with Crippen molar-refractivity contribution >= 4 is 17.7 Å². The molecule has 0 radical (unpaired) electrons. The molecule has 1 saturated carbocycles. The lowest BCUT2D eigenvalue weighted by atomic mass is 9.85. The zero-order valence-electron chi connectivity index (χ0n) is 14.3. The van der Waals surface area contributed by atoms with E-state index in [4.69, 9.17) is 5.11 Å². The molecule has 25 heavy (non-hydrogen) atoms. The Morgan fingerprint density at radius 1 is 1.36 bits per heavy atom. The molecule has 0 heterocycles. The van der Waals surface area contributed by atoms with Crippen LogP contribution in [0.25, 0.3) is 0 Å². The summed E-state index contributed by atoms with van der Waals surface area (Å²) in [6.07, 6.45) is 1.34. The zero-order valence-corrected chi connectivity index (χ0v) is 14.3. The summed E-state index contributed by atoms with van der Waals surface area (Å²) in [5, 5.41) is 14.2. The summed E-state index contributed by atoms with van der Waals surface area (Å²) in [6, 6.07) is 5.19. The summed E-state index contributed by atoms with van der Waals surface area (Å²) in [5.74, 6) is -3.84. The number of hydrogen-bond donors (Lipinski definition) is 3. The first-order valence-electron chi connectivity index (χ1n) is 8.20. The van der Waals surface area contributed by atoms with Gasteiger partial charge in [-0.2, -0.15) is 0 Å². The third-order valence-electron chi connectivity index (χ3n) is 4.34. The minimum Gasteiger partial charge on any atom is -0.480 e. The molecule has 6 nitrogen and oxygen atoms in total. The molecule has 0 aromatic heterocycles. The molecule has 2 rings (SSSR count). The number of benzene rings is 1. The number of carbonyl (C=O) groups is 2. The molecular formula is C17H23F2N3O3. The molecule has 138 valence electrons. The van der Waals surface area contributed by atoms with Gasteiger partial charge in [0, 0.05) is 30.3 Å². The molecule has 0 saturated heterocycles. The van der Waals surface area contributed by atoms with Gasteiger partial charge < -0.3 is 15.7 Å². The molecule has 0 unspecified atom stereocenters. The van der Waals surface area contributed by atoms with Crippen molar-refractivity contribution in [1.29, 1.82) is 0 Å². The summed E-state index contributed by atoms with van der Waals surface area (Å²) in [6.45, 7) is 3.32. The van der Waals surface area contributed by atoms with Crippen molar-refractivity contribution in [3.8, 4) is 0 Å². The first-order valence-corrected chi connectivity index (χ1v) is 8.20. The number of halogens is 2. The van der Waals surface area contributed by atoms with E-state index in [1.807, 2.05) is 11.8 Å². The Morgan fingerprint density at radius 3 is 2.60 bits per heavy atom. The molecule has 8 heteroatoms. The molecule has 1 aliphatic rings. The van der Waals surface area contributed by atoms with Gasteiger partial charge in [0.1, 0.15) is 0 Å². The Hall–Kier alpha value is -2.22. The molecule has 0 bridgehead atoms. The van der Waals surface area contributed by atoms with Crippen molar-refractivity contribution in [3.05, 3.63) is 29.8 Å². The maximum Gasteiger partial charge on any atom is 0.319 e. The van der Waals surface area contributed by atoms with Crippen LogP contribution in [0, 0.1) is 0 Å². The summed E-state index contributed by atoms with van der Waals surface area (Å²) in [7, 11) is 0. The number of nitrogens with one attached hydrogen (secondary N) is 2. The number of carboxylic acid groups (broad SMARTS) is 1. The third kappa shape index (κ3) is 5.38. The largest absolute Gasteiger partial charge is 0.480 e. The van der Waals surface area contributed by atoms with Crippen molar-refractivity contribution in [2.75, 3.05) is 18.4 Å². The van der Waals surface area contributed by atoms with E-state index in [1.165, 1.54) is 18.2 Å². The van der Waals surface area contributed by atoms with Gasteiger partial charge >= 0.3 is 12.0 Å². The highest BCUT2D eigenvalue weighted by atomic mass is 19.3. The third-order valence-corrected chi connectivity index (χ3v) is 4.34. The van der Waals surface area contributed by atoms with Crippen LogP contribution in [0.4, 0.5) is 19.3 Å². The minimum absolute atomic E-state index is 0.0158. The lowest BCUT2D eigenvalue weighted by Gasteiger charge is -2.42. The predicted molar refractivity (Wildman–Crippen MR) is 89.9 cm³/mol. The van der Waals surface area contributed by atoms with Crippen molar-refractivity contribution < 1.29 is 23.5 Å². The number of hydrogen-bond acceptors (Lipinski definition) is 3. The van der Waals surface area contributed by atoms with Gasteiger partial charge in [0.05, 0.1) is 6.54 Å². The SMILES string of the molecule is CCN(CC(=O)O)C1CC(NC(=O)Nc2cccc(C(C)(F)F)c2)C1. The highest BCUT2D eigenvalue weighted by Gasteiger charge is 2.34. The number of urea groups is 1. The minimum atomic E-state index is -2.97. The van der Waals surface area contributed by atoms with E-state index in [-0.39, 0.29) is 24.2 Å². The average molecular weight is 355 g/mol. The Labute approximate surface area is 145 Å². The summed E-state index contributed by atoms with van der Waals surface area (Å²) in [4.78, 5) is 24.6. The lowest BCUT2D eigenvalue weighted by molar-refractivity contribution is -0.139. The van der Waals surface area contributed by atoms with Gasteiger partial charge in [-0.1, -0.05) is 19.1 Å². The van der Waals surface area contributed by atoms with E-state index in [1.54, 1.807) is 6.07 Å². The van der Waals surface area contributed by atoms with Gasteiger partial charge in [-0.3, -0.25) is 9.69 Å². The van der Waals surface area contributed by atoms with E-state index in [9.17, 15) is 18.4 Å². The van der Waals surface area contributed by atoms with Crippen LogP contribution in [0.5, 0.6) is 0 Å². The molecule has 3 N–H and O–H groups in total. The topological polar surface area (TPSA) is 81.7 Å². The number of nitrogens with zero attached hydrogens (tertiary/aromatic N) is 1. The van der Waals surface area contributed by atoms with E-state index >= 15 is 0 Å². The van der Waals surface area contributed by atoms with Crippen molar-refractivity contribution in [2.24, 2.45) is 0 Å². The second-order valence-corrected chi connectivity index (χ2v) is 6.35. The van der Waals surface area contributed by atoms with E-state index in [0.29, 0.717) is 25.1 Å². The Kier molecular flexibility index (Phi) is 5.94. The van der Waals surface area contributed by atoms with E-state index < -0.39 is 17.9 Å². The summed E-state index contributed by atoms with van der Waals surface area (Å²) in [5.41, 5.74) is 0.134. The number of carbonyl (C=O) groups excluding carboxylic acids is 1. The van der Waals surface area contributed by atoms with Crippen LogP contribution in [0.2, 0.25) is 0 Å². The van der Waals surface area contributed by atoms with Crippen LogP contribution in [0.1, 0.15) is 32.3 Å². The van der Waals surface area contributed by atoms with Gasteiger partial charge in [-0.15, -0.1) is 0 Å². The van der Waals surface area contributed by atoms with Crippen LogP contribution in [0.3, 0.4) is 0 Å². The van der Waals surface area contributed by atoms with E-state index in [0.717, 1.165) is 6.92 Å². The maximum atomic E-state index is 13.3. The molecule has 0 atom stereocenters. The van der Waals surface area contributed by atoms with Crippen LogP contribution >= 0.6 is 0 Å². The quantitative estimate of drug-likeness (QED) is 0.702. The van der Waals surface area contributed by atoms with Crippen molar-refractivity contribution in [3.63, 3.8) is 0 Å². The average Bonchev–Trinajstić information content (AvgIpc) is 2.47. The molecule has 1 aliphatic carbocycles. The lowest BCUT2D eigenvalue weighted by Crippen LogP contribution is -2.55. The number of rotatable bonds is 7. The first kappa shape index (κ1) is 19.1. The fourth-order valence-electron chi connectivity index (χ4n) is 2.90. The second kappa shape index (κ2) is 7.77. The molecule has 2 amide bonds. The highest BCUT2D eigenvalue weighted by Crippen LogP contribution is 2.29. The Bertz CT molecular complexity index is 628. The van der Waals surface area contributed by atoms with Gasteiger partial charge in [0.25, 0.3) is 5.92 Å². The van der Waals surface area contributed by atoms with Gasteiger partial charge in [-0.05, 0) is 31.5 Å².